The van der Waals surface area contributed by atoms with Crippen LogP contribution in [0.4, 0.5) is 0 Å². The molecule has 0 saturated carbocycles. The number of unbranched alkanes of at least 4 members (excludes halogenated alkanes) is 30. The largest absolute Gasteiger partial charge is 0.379 e. The normalized spacial score (nSPS) is 12.7. The first-order valence-corrected chi connectivity index (χ1v) is 22.4. The molecule has 1 atom stereocenters. The van der Waals surface area contributed by atoms with Crippen molar-refractivity contribution in [1.82, 2.24) is 0 Å². The molecule has 0 saturated heterocycles. The van der Waals surface area contributed by atoms with Gasteiger partial charge in [0, 0.05) is 13.2 Å². The molecule has 0 aliphatic heterocycles. The summed E-state index contributed by atoms with van der Waals surface area (Å²) in [4.78, 5) is 0. The van der Waals surface area contributed by atoms with Crippen molar-refractivity contribution < 1.29 is 14.2 Å². The topological polar surface area (TPSA) is 27.7 Å². The SMILES string of the molecule is CCCCCCCCCCCCCCCCCCOC[C@H](COC(C)(C)CCC)OCCCCCCCCCCCCCCCCCC. The van der Waals surface area contributed by atoms with Crippen molar-refractivity contribution >= 4 is 0 Å². The number of hydrogen-bond donors (Lipinski definition) is 0. The van der Waals surface area contributed by atoms with E-state index in [1.54, 1.807) is 0 Å². The molecule has 0 radical (unpaired) electrons. The summed E-state index contributed by atoms with van der Waals surface area (Å²) in [5, 5.41) is 0. The van der Waals surface area contributed by atoms with Gasteiger partial charge in [-0.2, -0.15) is 0 Å². The summed E-state index contributed by atoms with van der Waals surface area (Å²) in [5.41, 5.74) is -0.0848. The maximum Gasteiger partial charge on any atom is 0.104 e. The second-order valence-corrected chi connectivity index (χ2v) is 16.0. The molecule has 0 aromatic heterocycles. The van der Waals surface area contributed by atoms with E-state index in [9.17, 15) is 0 Å². The van der Waals surface area contributed by atoms with Gasteiger partial charge in [-0.25, -0.2) is 0 Å². The van der Waals surface area contributed by atoms with Crippen LogP contribution in [-0.4, -0.2) is 38.1 Å². The fourth-order valence-corrected chi connectivity index (χ4v) is 7.00. The summed E-state index contributed by atoms with van der Waals surface area (Å²) in [6.45, 7) is 14.3. The zero-order valence-electron chi connectivity index (χ0n) is 34.2. The smallest absolute Gasteiger partial charge is 0.104 e. The predicted molar refractivity (Wildman–Crippen MR) is 215 cm³/mol. The number of rotatable bonds is 42. The van der Waals surface area contributed by atoms with Crippen molar-refractivity contribution in [2.75, 3.05) is 26.4 Å². The fraction of sp³-hybridized carbons (Fsp3) is 1.00. The van der Waals surface area contributed by atoms with Crippen molar-refractivity contribution in [2.45, 2.75) is 265 Å². The Morgan fingerprint density at radius 1 is 0.354 bits per heavy atom. The van der Waals surface area contributed by atoms with E-state index in [0.29, 0.717) is 13.2 Å². The van der Waals surface area contributed by atoms with E-state index in [1.165, 1.54) is 199 Å². The maximum atomic E-state index is 6.32. The first-order valence-electron chi connectivity index (χ1n) is 22.4. The summed E-state index contributed by atoms with van der Waals surface area (Å²) < 4.78 is 18.7. The molecule has 0 spiro atoms. The summed E-state index contributed by atoms with van der Waals surface area (Å²) >= 11 is 0. The van der Waals surface area contributed by atoms with E-state index in [0.717, 1.165) is 32.5 Å². The van der Waals surface area contributed by atoms with E-state index in [-0.39, 0.29) is 11.7 Å². The third-order valence-corrected chi connectivity index (χ3v) is 10.3. The highest BCUT2D eigenvalue weighted by atomic mass is 16.6. The molecule has 48 heavy (non-hydrogen) atoms. The van der Waals surface area contributed by atoms with Gasteiger partial charge >= 0.3 is 0 Å². The van der Waals surface area contributed by atoms with Crippen molar-refractivity contribution in [2.24, 2.45) is 0 Å². The lowest BCUT2D eigenvalue weighted by atomic mass is 10.0. The Labute approximate surface area is 304 Å². The van der Waals surface area contributed by atoms with Crippen LogP contribution >= 0.6 is 0 Å². The van der Waals surface area contributed by atoms with Gasteiger partial charge in [-0.15, -0.1) is 0 Å². The molecule has 0 amide bonds. The Bertz CT molecular complexity index is 577. The quantitative estimate of drug-likeness (QED) is 0.0601. The molecule has 0 aromatic carbocycles. The van der Waals surface area contributed by atoms with E-state index < -0.39 is 0 Å². The van der Waals surface area contributed by atoms with Gasteiger partial charge in [0.15, 0.2) is 0 Å². The standard InChI is InChI=1S/C45H92O3/c1-6-9-11-13-15-17-19-21-23-25-27-29-31-33-35-37-40-46-42-44(43-48-45(4,5)39-8-3)47-41-38-36-34-32-30-28-26-24-22-20-18-16-14-12-10-7-2/h44H,6-43H2,1-5H3/t44-/m1/s1. The molecule has 0 fully saturated rings. The van der Waals surface area contributed by atoms with Gasteiger partial charge in [0.05, 0.1) is 18.8 Å². The highest BCUT2D eigenvalue weighted by Crippen LogP contribution is 2.18. The van der Waals surface area contributed by atoms with Gasteiger partial charge in [-0.05, 0) is 33.1 Å². The lowest BCUT2D eigenvalue weighted by Gasteiger charge is -2.28. The third kappa shape index (κ3) is 38.7. The Morgan fingerprint density at radius 2 is 0.667 bits per heavy atom. The average Bonchev–Trinajstić information content (AvgIpc) is 3.07. The molecule has 0 aromatic rings. The van der Waals surface area contributed by atoms with Crippen LogP contribution in [-0.2, 0) is 14.2 Å². The van der Waals surface area contributed by atoms with Crippen LogP contribution in [0.3, 0.4) is 0 Å². The predicted octanol–water partition coefficient (Wildman–Crippen LogP) is 15.5. The highest BCUT2D eigenvalue weighted by molar-refractivity contribution is 4.69. The van der Waals surface area contributed by atoms with Gasteiger partial charge in [0.25, 0.3) is 0 Å². The van der Waals surface area contributed by atoms with Crippen LogP contribution in [0.25, 0.3) is 0 Å². The Kier molecular flexibility index (Phi) is 39.6. The van der Waals surface area contributed by atoms with Crippen LogP contribution in [0.5, 0.6) is 0 Å². The number of hydrogen-bond acceptors (Lipinski definition) is 3. The van der Waals surface area contributed by atoms with Gasteiger partial charge in [-0.3, -0.25) is 0 Å². The minimum atomic E-state index is -0.0848. The molecular formula is C45H92O3. The van der Waals surface area contributed by atoms with Crippen LogP contribution in [0.2, 0.25) is 0 Å². The Morgan fingerprint density at radius 3 is 1.00 bits per heavy atom. The van der Waals surface area contributed by atoms with E-state index in [2.05, 4.69) is 34.6 Å². The molecule has 0 aliphatic carbocycles. The zero-order chi connectivity index (χ0) is 35.1. The molecule has 3 nitrogen and oxygen atoms in total. The average molecular weight is 681 g/mol. The first-order chi connectivity index (χ1) is 23.6. The third-order valence-electron chi connectivity index (χ3n) is 10.3. The number of ether oxygens (including phenoxy) is 3. The molecule has 0 unspecified atom stereocenters. The van der Waals surface area contributed by atoms with E-state index in [4.69, 9.17) is 14.2 Å². The van der Waals surface area contributed by atoms with Gasteiger partial charge in [0.1, 0.15) is 6.10 Å². The Balaban J connectivity index is 3.77. The molecular weight excluding hydrogens is 588 g/mol. The lowest BCUT2D eigenvalue weighted by molar-refractivity contribution is -0.105. The molecule has 3 heteroatoms. The van der Waals surface area contributed by atoms with Crippen LogP contribution in [0.15, 0.2) is 0 Å². The van der Waals surface area contributed by atoms with Crippen molar-refractivity contribution in [3.63, 3.8) is 0 Å². The van der Waals surface area contributed by atoms with Crippen molar-refractivity contribution in [3.05, 3.63) is 0 Å². The summed E-state index contributed by atoms with van der Waals surface area (Å²) in [6.07, 6.45) is 47.2. The minimum absolute atomic E-state index is 0.0542. The Hall–Kier alpha value is -0.120. The summed E-state index contributed by atoms with van der Waals surface area (Å²) in [5.74, 6) is 0. The van der Waals surface area contributed by atoms with Crippen molar-refractivity contribution in [3.8, 4) is 0 Å². The van der Waals surface area contributed by atoms with Crippen LogP contribution < -0.4 is 0 Å². The molecule has 0 aliphatic rings. The molecule has 0 rings (SSSR count). The fourth-order valence-electron chi connectivity index (χ4n) is 7.00. The molecule has 290 valence electrons. The maximum absolute atomic E-state index is 6.32. The lowest BCUT2D eigenvalue weighted by Crippen LogP contribution is -2.33. The summed E-state index contributed by atoms with van der Waals surface area (Å²) in [6, 6.07) is 0. The molecule has 0 bridgehead atoms. The monoisotopic (exact) mass is 681 g/mol. The summed E-state index contributed by atoms with van der Waals surface area (Å²) in [7, 11) is 0. The van der Waals surface area contributed by atoms with Crippen LogP contribution in [0, 0.1) is 0 Å². The molecule has 0 heterocycles. The molecule has 0 N–H and O–H groups in total. The zero-order valence-corrected chi connectivity index (χ0v) is 34.2. The van der Waals surface area contributed by atoms with Crippen molar-refractivity contribution in [1.29, 1.82) is 0 Å². The first kappa shape index (κ1) is 47.9. The highest BCUT2D eigenvalue weighted by Gasteiger charge is 2.20. The van der Waals surface area contributed by atoms with Gasteiger partial charge in [0.2, 0.25) is 0 Å². The second kappa shape index (κ2) is 39.7. The van der Waals surface area contributed by atoms with Crippen LogP contribution in [0.1, 0.15) is 253 Å². The van der Waals surface area contributed by atoms with E-state index >= 15 is 0 Å². The van der Waals surface area contributed by atoms with E-state index in [1.807, 2.05) is 0 Å². The van der Waals surface area contributed by atoms with Gasteiger partial charge < -0.3 is 14.2 Å². The van der Waals surface area contributed by atoms with Gasteiger partial charge in [-0.1, -0.05) is 220 Å². The second-order valence-electron chi connectivity index (χ2n) is 16.0. The minimum Gasteiger partial charge on any atom is -0.379 e.